The van der Waals surface area contributed by atoms with Crippen LogP contribution in [0, 0.1) is 0 Å². The Labute approximate surface area is 109 Å². The Morgan fingerprint density at radius 3 is 2.29 bits per heavy atom. The molecule has 0 heterocycles. The van der Waals surface area contributed by atoms with E-state index in [1.54, 1.807) is 13.2 Å². The summed E-state index contributed by atoms with van der Waals surface area (Å²) in [5, 5.41) is 10.6. The van der Waals surface area contributed by atoms with Crippen molar-refractivity contribution in [2.75, 3.05) is 7.11 Å². The maximum Gasteiger partial charge on any atom is 0.142 e. The van der Waals surface area contributed by atoms with Crippen LogP contribution in [-0.2, 0) is 0 Å². The molecule has 0 aromatic heterocycles. The van der Waals surface area contributed by atoms with E-state index >= 15 is 0 Å². The van der Waals surface area contributed by atoms with Crippen LogP contribution in [0.3, 0.4) is 0 Å². The third-order valence-corrected chi connectivity index (χ3v) is 2.94. The Kier molecular flexibility index (Phi) is 3.46. The quantitative estimate of drug-likeness (QED) is 0.876. The maximum absolute atomic E-state index is 9.88. The molecule has 0 bridgehead atoms. The number of rotatable bonds is 2. The van der Waals surface area contributed by atoms with Gasteiger partial charge in [-0.25, -0.2) is 0 Å². The van der Waals surface area contributed by atoms with Crippen molar-refractivity contribution in [3.63, 3.8) is 0 Å². The van der Waals surface area contributed by atoms with Gasteiger partial charge in [-0.3, -0.25) is 0 Å². The lowest BCUT2D eigenvalue weighted by molar-refractivity contribution is 0.415. The second-order valence-corrected chi connectivity index (χ2v) is 4.36. The molecule has 2 aromatic rings. The molecule has 0 fully saturated rings. The summed E-state index contributed by atoms with van der Waals surface area (Å²) in [5.41, 5.74) is 1.43. The minimum absolute atomic E-state index is 0.0289. The topological polar surface area (TPSA) is 29.5 Å². The van der Waals surface area contributed by atoms with Gasteiger partial charge < -0.3 is 9.84 Å². The molecular weight excluding hydrogens is 259 g/mol. The molecule has 0 amide bonds. The van der Waals surface area contributed by atoms with Gasteiger partial charge in [-0.15, -0.1) is 0 Å². The van der Waals surface area contributed by atoms with Crippen molar-refractivity contribution in [3.05, 3.63) is 46.4 Å². The first kappa shape index (κ1) is 12.1. The average molecular weight is 269 g/mol. The van der Waals surface area contributed by atoms with E-state index in [1.807, 2.05) is 24.3 Å². The largest absolute Gasteiger partial charge is 0.506 e. The van der Waals surface area contributed by atoms with Crippen LogP contribution < -0.4 is 4.74 Å². The van der Waals surface area contributed by atoms with Gasteiger partial charge in [0, 0.05) is 10.6 Å². The first-order chi connectivity index (χ1) is 8.11. The van der Waals surface area contributed by atoms with Crippen molar-refractivity contribution in [3.8, 4) is 22.6 Å². The van der Waals surface area contributed by atoms with Crippen LogP contribution in [0.1, 0.15) is 0 Å². The summed E-state index contributed by atoms with van der Waals surface area (Å²) in [6.07, 6.45) is 0. The summed E-state index contributed by atoms with van der Waals surface area (Å²) in [6, 6.07) is 10.5. The van der Waals surface area contributed by atoms with Crippen molar-refractivity contribution < 1.29 is 9.84 Å². The SMILES string of the molecule is COc1ccc(-c2cc(Cl)cc(Cl)c2O)cc1. The van der Waals surface area contributed by atoms with E-state index in [0.29, 0.717) is 10.6 Å². The minimum atomic E-state index is 0.0289. The molecule has 0 saturated heterocycles. The van der Waals surface area contributed by atoms with Gasteiger partial charge in [0.15, 0.2) is 0 Å². The fourth-order valence-electron chi connectivity index (χ4n) is 1.56. The van der Waals surface area contributed by atoms with Gasteiger partial charge in [-0.2, -0.15) is 0 Å². The Hall–Kier alpha value is -1.38. The third-order valence-electron chi connectivity index (χ3n) is 2.43. The van der Waals surface area contributed by atoms with E-state index in [2.05, 4.69) is 0 Å². The van der Waals surface area contributed by atoms with Gasteiger partial charge >= 0.3 is 0 Å². The first-order valence-electron chi connectivity index (χ1n) is 4.94. The van der Waals surface area contributed by atoms with Crippen LogP contribution in [-0.4, -0.2) is 12.2 Å². The highest BCUT2D eigenvalue weighted by Gasteiger charge is 2.09. The molecule has 88 valence electrons. The fraction of sp³-hybridized carbons (Fsp3) is 0.0769. The average Bonchev–Trinajstić information content (AvgIpc) is 2.34. The number of benzene rings is 2. The monoisotopic (exact) mass is 268 g/mol. The van der Waals surface area contributed by atoms with Crippen molar-refractivity contribution in [1.29, 1.82) is 0 Å². The summed E-state index contributed by atoms with van der Waals surface area (Å²) in [4.78, 5) is 0. The van der Waals surface area contributed by atoms with Gasteiger partial charge in [0.2, 0.25) is 0 Å². The predicted molar refractivity (Wildman–Crippen MR) is 70.1 cm³/mol. The summed E-state index contributed by atoms with van der Waals surface area (Å²) < 4.78 is 5.07. The van der Waals surface area contributed by atoms with Gasteiger partial charge in [0.25, 0.3) is 0 Å². The second-order valence-electron chi connectivity index (χ2n) is 3.51. The molecule has 0 aliphatic carbocycles. The van der Waals surface area contributed by atoms with E-state index in [9.17, 15) is 5.11 Å². The first-order valence-corrected chi connectivity index (χ1v) is 5.70. The highest BCUT2D eigenvalue weighted by molar-refractivity contribution is 6.36. The molecule has 0 saturated carbocycles. The van der Waals surface area contributed by atoms with E-state index < -0.39 is 0 Å². The highest BCUT2D eigenvalue weighted by atomic mass is 35.5. The summed E-state index contributed by atoms with van der Waals surface area (Å²) in [5.74, 6) is 0.780. The molecule has 2 rings (SSSR count). The molecular formula is C13H10Cl2O2. The smallest absolute Gasteiger partial charge is 0.142 e. The van der Waals surface area contributed by atoms with E-state index in [4.69, 9.17) is 27.9 Å². The Bertz CT molecular complexity index is 536. The lowest BCUT2D eigenvalue weighted by atomic mass is 10.0. The number of phenols is 1. The standard InChI is InChI=1S/C13H10Cl2O2/c1-17-10-4-2-8(3-5-10)11-6-9(14)7-12(15)13(11)16/h2-7,16H,1H3. The van der Waals surface area contributed by atoms with E-state index in [0.717, 1.165) is 11.3 Å². The van der Waals surface area contributed by atoms with Crippen molar-refractivity contribution in [2.24, 2.45) is 0 Å². The van der Waals surface area contributed by atoms with Crippen molar-refractivity contribution in [2.45, 2.75) is 0 Å². The second kappa shape index (κ2) is 4.86. The molecule has 0 aliphatic heterocycles. The van der Waals surface area contributed by atoms with Crippen molar-refractivity contribution in [1.82, 2.24) is 0 Å². The number of ether oxygens (including phenoxy) is 1. The fourth-order valence-corrected chi connectivity index (χ4v) is 2.05. The zero-order valence-electron chi connectivity index (χ0n) is 9.08. The molecule has 0 radical (unpaired) electrons. The molecule has 0 aliphatic rings. The lowest BCUT2D eigenvalue weighted by Gasteiger charge is -2.08. The minimum Gasteiger partial charge on any atom is -0.506 e. The molecule has 17 heavy (non-hydrogen) atoms. The summed E-state index contributed by atoms with van der Waals surface area (Å²) >= 11 is 11.8. The van der Waals surface area contributed by atoms with E-state index in [-0.39, 0.29) is 10.8 Å². The highest BCUT2D eigenvalue weighted by Crippen LogP contribution is 2.38. The Morgan fingerprint density at radius 1 is 1.06 bits per heavy atom. The van der Waals surface area contributed by atoms with Crippen LogP contribution in [0.2, 0.25) is 10.0 Å². The maximum atomic E-state index is 9.88. The van der Waals surface area contributed by atoms with Gasteiger partial charge in [-0.1, -0.05) is 35.3 Å². The van der Waals surface area contributed by atoms with Crippen LogP contribution in [0.15, 0.2) is 36.4 Å². The summed E-state index contributed by atoms with van der Waals surface area (Å²) in [7, 11) is 1.60. The number of aromatic hydroxyl groups is 1. The molecule has 0 unspecified atom stereocenters. The molecule has 1 N–H and O–H groups in total. The Morgan fingerprint density at radius 2 is 1.71 bits per heavy atom. The van der Waals surface area contributed by atoms with Crippen molar-refractivity contribution >= 4 is 23.2 Å². The zero-order valence-corrected chi connectivity index (χ0v) is 10.6. The van der Waals surface area contributed by atoms with E-state index in [1.165, 1.54) is 6.07 Å². The zero-order chi connectivity index (χ0) is 12.4. The lowest BCUT2D eigenvalue weighted by Crippen LogP contribution is -1.84. The molecule has 4 heteroatoms. The Balaban J connectivity index is 2.52. The predicted octanol–water partition coefficient (Wildman–Crippen LogP) is 4.37. The molecule has 2 nitrogen and oxygen atoms in total. The van der Waals surface area contributed by atoms with Crippen LogP contribution >= 0.6 is 23.2 Å². The number of halogens is 2. The normalized spacial score (nSPS) is 10.3. The number of hydrogen-bond donors (Lipinski definition) is 1. The van der Waals surface area contributed by atoms with Crippen LogP contribution in [0.25, 0.3) is 11.1 Å². The van der Waals surface area contributed by atoms with Crippen LogP contribution in [0.4, 0.5) is 0 Å². The van der Waals surface area contributed by atoms with Gasteiger partial charge in [0.05, 0.1) is 12.1 Å². The van der Waals surface area contributed by atoms with Gasteiger partial charge in [0.1, 0.15) is 11.5 Å². The van der Waals surface area contributed by atoms with Crippen LogP contribution in [0.5, 0.6) is 11.5 Å². The number of phenolic OH excluding ortho intramolecular Hbond substituents is 1. The number of methoxy groups -OCH3 is 1. The molecule has 2 aromatic carbocycles. The number of hydrogen-bond acceptors (Lipinski definition) is 2. The summed E-state index contributed by atoms with van der Waals surface area (Å²) in [6.45, 7) is 0. The third kappa shape index (κ3) is 2.48. The molecule has 0 atom stereocenters. The molecule has 0 spiro atoms. The van der Waals surface area contributed by atoms with Gasteiger partial charge in [-0.05, 0) is 29.8 Å².